The molecule has 0 saturated carbocycles. The second-order valence-corrected chi connectivity index (χ2v) is 6.93. The zero-order valence-electron chi connectivity index (χ0n) is 14.3. The van der Waals surface area contributed by atoms with Gasteiger partial charge in [0.15, 0.2) is 0 Å². The van der Waals surface area contributed by atoms with Gasteiger partial charge in [-0.25, -0.2) is 4.98 Å². The number of carbonyl (C=O) groups is 1. The molecule has 3 rings (SSSR count). The normalized spacial score (nSPS) is 12.1. The van der Waals surface area contributed by atoms with Crippen molar-refractivity contribution in [2.45, 2.75) is 19.1 Å². The summed E-state index contributed by atoms with van der Waals surface area (Å²) in [4.78, 5) is 20.0. The van der Waals surface area contributed by atoms with Crippen molar-refractivity contribution >= 4 is 34.4 Å². The highest BCUT2D eigenvalue weighted by Gasteiger charge is 2.13. The molecule has 0 aliphatic carbocycles. The number of carbonyl (C=O) groups excluding carboxylic acids is 1. The van der Waals surface area contributed by atoms with Crippen LogP contribution in [0.25, 0.3) is 11.0 Å². The number of para-hydroxylation sites is 2. The van der Waals surface area contributed by atoms with Crippen molar-refractivity contribution in [2.24, 2.45) is 0 Å². The molecule has 0 saturated heterocycles. The lowest BCUT2D eigenvalue weighted by Crippen LogP contribution is -2.14. The van der Waals surface area contributed by atoms with Crippen molar-refractivity contribution in [2.75, 3.05) is 17.7 Å². The minimum atomic E-state index is -0.0304. The fourth-order valence-corrected chi connectivity index (χ4v) is 3.19. The molecular formula is C19H21N3O2S. The number of thioether (sulfide) groups is 1. The van der Waals surface area contributed by atoms with Gasteiger partial charge in [0, 0.05) is 5.69 Å². The van der Waals surface area contributed by atoms with Crippen LogP contribution in [0.2, 0.25) is 0 Å². The molecule has 3 aromatic rings. The maximum Gasteiger partial charge on any atom is 0.234 e. The Morgan fingerprint density at radius 3 is 2.72 bits per heavy atom. The smallest absolute Gasteiger partial charge is 0.234 e. The van der Waals surface area contributed by atoms with Gasteiger partial charge >= 0.3 is 0 Å². The highest BCUT2D eigenvalue weighted by Crippen LogP contribution is 2.27. The number of nitrogens with zero attached hydrogens (tertiary/aromatic N) is 1. The minimum Gasteiger partial charge on any atom is -0.494 e. The summed E-state index contributed by atoms with van der Waals surface area (Å²) >= 11 is 1.55. The van der Waals surface area contributed by atoms with Crippen LogP contribution in [0.15, 0.2) is 48.5 Å². The van der Waals surface area contributed by atoms with Crippen molar-refractivity contribution in [1.29, 1.82) is 0 Å². The van der Waals surface area contributed by atoms with E-state index in [9.17, 15) is 4.79 Å². The zero-order valence-corrected chi connectivity index (χ0v) is 15.1. The first-order valence-electron chi connectivity index (χ1n) is 8.24. The van der Waals surface area contributed by atoms with Gasteiger partial charge in [-0.15, -0.1) is 11.8 Å². The number of aromatic nitrogens is 2. The summed E-state index contributed by atoms with van der Waals surface area (Å²) in [5.74, 6) is 2.02. The molecule has 1 atom stereocenters. The van der Waals surface area contributed by atoms with Crippen molar-refractivity contribution < 1.29 is 9.53 Å². The summed E-state index contributed by atoms with van der Waals surface area (Å²) in [6, 6.07) is 15.3. The van der Waals surface area contributed by atoms with E-state index < -0.39 is 0 Å². The van der Waals surface area contributed by atoms with Gasteiger partial charge in [0.1, 0.15) is 11.6 Å². The average Bonchev–Trinajstić information content (AvgIpc) is 3.06. The van der Waals surface area contributed by atoms with E-state index in [1.807, 2.05) is 62.4 Å². The van der Waals surface area contributed by atoms with Gasteiger partial charge in [-0.2, -0.15) is 0 Å². The third-order valence-electron chi connectivity index (χ3n) is 3.71. The molecule has 1 aromatic heterocycles. The molecule has 0 aliphatic rings. The fraction of sp³-hybridized carbons (Fsp3) is 0.263. The number of rotatable bonds is 7. The second-order valence-electron chi connectivity index (χ2n) is 5.60. The zero-order chi connectivity index (χ0) is 17.6. The Hall–Kier alpha value is -2.47. The van der Waals surface area contributed by atoms with Crippen molar-refractivity contribution in [3.05, 3.63) is 54.4 Å². The minimum absolute atomic E-state index is 0.0304. The highest BCUT2D eigenvalue weighted by atomic mass is 32.2. The third-order valence-corrected chi connectivity index (χ3v) is 4.86. The van der Waals surface area contributed by atoms with Crippen LogP contribution in [0.3, 0.4) is 0 Å². The standard InChI is InChI=1S/C19H21N3O2S/c1-3-24-15-10-8-14(9-11-15)20-18(23)12-25-13(2)19-21-16-6-4-5-7-17(16)22-19/h4-11,13H,3,12H2,1-2H3,(H,20,23)(H,21,22). The molecule has 0 spiro atoms. The number of hydrogen-bond donors (Lipinski definition) is 2. The van der Waals surface area contributed by atoms with E-state index >= 15 is 0 Å². The summed E-state index contributed by atoms with van der Waals surface area (Å²) < 4.78 is 5.39. The van der Waals surface area contributed by atoms with E-state index in [-0.39, 0.29) is 11.2 Å². The number of fused-ring (bicyclic) bond motifs is 1. The van der Waals surface area contributed by atoms with E-state index in [1.54, 1.807) is 11.8 Å². The number of nitrogens with one attached hydrogen (secondary N) is 2. The van der Waals surface area contributed by atoms with E-state index in [1.165, 1.54) is 0 Å². The molecule has 5 nitrogen and oxygen atoms in total. The average molecular weight is 355 g/mol. The maximum atomic E-state index is 12.1. The summed E-state index contributed by atoms with van der Waals surface area (Å²) in [5, 5.41) is 3.01. The molecule has 0 radical (unpaired) electrons. The fourth-order valence-electron chi connectivity index (χ4n) is 2.44. The van der Waals surface area contributed by atoms with E-state index in [2.05, 4.69) is 15.3 Å². The number of aromatic amines is 1. The molecule has 25 heavy (non-hydrogen) atoms. The monoisotopic (exact) mass is 355 g/mol. The van der Waals surface area contributed by atoms with Crippen molar-refractivity contribution in [3.63, 3.8) is 0 Å². The molecule has 1 unspecified atom stereocenters. The molecule has 1 heterocycles. The summed E-state index contributed by atoms with van der Waals surface area (Å²) in [7, 11) is 0. The quantitative estimate of drug-likeness (QED) is 0.659. The first-order valence-corrected chi connectivity index (χ1v) is 9.29. The Balaban J connectivity index is 1.52. The SMILES string of the molecule is CCOc1ccc(NC(=O)CSC(C)c2nc3ccccc3[nH]2)cc1. The molecule has 6 heteroatoms. The molecule has 2 N–H and O–H groups in total. The molecule has 0 aliphatic heterocycles. The number of amides is 1. The predicted molar refractivity (Wildman–Crippen MR) is 103 cm³/mol. The lowest BCUT2D eigenvalue weighted by molar-refractivity contribution is -0.113. The second kappa shape index (κ2) is 8.07. The van der Waals surface area contributed by atoms with Crippen LogP contribution in [0.1, 0.15) is 24.9 Å². The van der Waals surface area contributed by atoms with Crippen LogP contribution in [0.5, 0.6) is 5.75 Å². The van der Waals surface area contributed by atoms with Crippen LogP contribution in [-0.4, -0.2) is 28.2 Å². The molecule has 0 bridgehead atoms. The Kier molecular flexibility index (Phi) is 5.60. The lowest BCUT2D eigenvalue weighted by atomic mass is 10.3. The first-order chi connectivity index (χ1) is 12.2. The number of imidazole rings is 1. The summed E-state index contributed by atoms with van der Waals surface area (Å²) in [5.41, 5.74) is 2.73. The predicted octanol–water partition coefficient (Wildman–Crippen LogP) is 4.39. The van der Waals surface area contributed by atoms with Gasteiger partial charge < -0.3 is 15.0 Å². The lowest BCUT2D eigenvalue weighted by Gasteiger charge is -2.09. The van der Waals surface area contributed by atoms with E-state index in [4.69, 9.17) is 4.74 Å². The van der Waals surface area contributed by atoms with Crippen LogP contribution < -0.4 is 10.1 Å². The van der Waals surface area contributed by atoms with E-state index in [0.29, 0.717) is 12.4 Å². The van der Waals surface area contributed by atoms with Crippen LogP contribution >= 0.6 is 11.8 Å². The van der Waals surface area contributed by atoms with Gasteiger partial charge in [-0.1, -0.05) is 12.1 Å². The Morgan fingerprint density at radius 1 is 1.24 bits per heavy atom. The van der Waals surface area contributed by atoms with Crippen molar-refractivity contribution in [1.82, 2.24) is 9.97 Å². The highest BCUT2D eigenvalue weighted by molar-refractivity contribution is 8.00. The van der Waals surface area contributed by atoms with Gasteiger partial charge in [0.05, 0.1) is 28.6 Å². The Labute approximate surface area is 151 Å². The van der Waals surface area contributed by atoms with Gasteiger partial charge in [-0.05, 0) is 50.2 Å². The van der Waals surface area contributed by atoms with Crippen molar-refractivity contribution in [3.8, 4) is 5.75 Å². The largest absolute Gasteiger partial charge is 0.494 e. The Morgan fingerprint density at radius 2 is 2.00 bits per heavy atom. The number of benzene rings is 2. The van der Waals surface area contributed by atoms with Gasteiger partial charge in [-0.3, -0.25) is 4.79 Å². The Bertz CT molecular complexity index is 812. The van der Waals surface area contributed by atoms with Crippen LogP contribution in [0.4, 0.5) is 5.69 Å². The number of anilines is 1. The molecule has 1 amide bonds. The molecule has 130 valence electrons. The number of H-pyrrole nitrogens is 1. The summed E-state index contributed by atoms with van der Waals surface area (Å²) in [6.07, 6.45) is 0. The van der Waals surface area contributed by atoms with Gasteiger partial charge in [0.25, 0.3) is 0 Å². The topological polar surface area (TPSA) is 67.0 Å². The van der Waals surface area contributed by atoms with Gasteiger partial charge in [0.2, 0.25) is 5.91 Å². The van der Waals surface area contributed by atoms with E-state index in [0.717, 1.165) is 28.3 Å². The molecular weight excluding hydrogens is 334 g/mol. The first kappa shape index (κ1) is 17.4. The third kappa shape index (κ3) is 4.54. The number of ether oxygens (including phenoxy) is 1. The summed E-state index contributed by atoms with van der Waals surface area (Å²) in [6.45, 7) is 4.62. The number of hydrogen-bond acceptors (Lipinski definition) is 4. The molecule has 0 fully saturated rings. The van der Waals surface area contributed by atoms with Crippen LogP contribution in [0, 0.1) is 0 Å². The maximum absolute atomic E-state index is 12.1. The van der Waals surface area contributed by atoms with Crippen LogP contribution in [-0.2, 0) is 4.79 Å². The molecule has 2 aromatic carbocycles.